The number of hydrogen-bond acceptors (Lipinski definition) is 2. The maximum Gasteiger partial charge on any atom is 0.187 e. The van der Waals surface area contributed by atoms with Crippen LogP contribution in [0.3, 0.4) is 0 Å². The van der Waals surface area contributed by atoms with Crippen LogP contribution in [0.15, 0.2) is 65.3 Å². The first-order valence-electron chi connectivity index (χ1n) is 8.82. The molecule has 2 aliphatic rings. The standard InChI is InChI=1S/C21H20ClN3S/c22-17-11-9-14(10-12-17)13-16-7-4-8-18-19(16)24-25(21(23)26)20(18)15-5-2-1-3-6-15/h1-3,5-6,9-13,18,20H,4,7-8H2,(H2,23,26)/b16-13-/t18-,20-/m1/s1. The Morgan fingerprint density at radius 1 is 1.15 bits per heavy atom. The van der Waals surface area contributed by atoms with Crippen molar-refractivity contribution in [3.8, 4) is 0 Å². The summed E-state index contributed by atoms with van der Waals surface area (Å²) in [6.45, 7) is 0. The predicted octanol–water partition coefficient (Wildman–Crippen LogP) is 5.18. The molecule has 0 amide bonds. The van der Waals surface area contributed by atoms with Crippen LogP contribution >= 0.6 is 23.8 Å². The van der Waals surface area contributed by atoms with E-state index < -0.39 is 0 Å². The van der Waals surface area contributed by atoms with Gasteiger partial charge in [-0.2, -0.15) is 5.10 Å². The monoisotopic (exact) mass is 381 g/mol. The zero-order valence-electron chi connectivity index (χ0n) is 14.3. The van der Waals surface area contributed by atoms with Crippen LogP contribution in [0.1, 0.15) is 36.4 Å². The molecule has 1 saturated carbocycles. The average molecular weight is 382 g/mol. The third-order valence-corrected chi connectivity index (χ3v) is 5.52. The molecule has 2 N–H and O–H groups in total. The molecule has 0 saturated heterocycles. The number of benzene rings is 2. The van der Waals surface area contributed by atoms with Crippen LogP contribution in [-0.4, -0.2) is 15.8 Å². The number of halogens is 1. The summed E-state index contributed by atoms with van der Waals surface area (Å²) in [5, 5.41) is 7.75. The third-order valence-electron chi connectivity index (χ3n) is 5.08. The molecule has 1 heterocycles. The molecule has 0 bridgehead atoms. The minimum atomic E-state index is 0.0811. The zero-order chi connectivity index (χ0) is 18.1. The van der Waals surface area contributed by atoms with E-state index in [1.54, 1.807) is 0 Å². The summed E-state index contributed by atoms with van der Waals surface area (Å²) in [7, 11) is 0. The molecule has 4 rings (SSSR count). The van der Waals surface area contributed by atoms with Gasteiger partial charge in [0.25, 0.3) is 0 Å². The zero-order valence-corrected chi connectivity index (χ0v) is 15.9. The lowest BCUT2D eigenvalue weighted by Gasteiger charge is -2.29. The lowest BCUT2D eigenvalue weighted by Crippen LogP contribution is -2.34. The number of hydrogen-bond donors (Lipinski definition) is 1. The predicted molar refractivity (Wildman–Crippen MR) is 112 cm³/mol. The summed E-state index contributed by atoms with van der Waals surface area (Å²) in [5.41, 5.74) is 10.7. The van der Waals surface area contributed by atoms with E-state index in [4.69, 9.17) is 34.7 Å². The van der Waals surface area contributed by atoms with Crippen LogP contribution in [-0.2, 0) is 0 Å². The van der Waals surface area contributed by atoms with Gasteiger partial charge < -0.3 is 5.73 Å². The normalized spacial score (nSPS) is 23.7. The Morgan fingerprint density at radius 2 is 1.88 bits per heavy atom. The first-order valence-corrected chi connectivity index (χ1v) is 9.61. The van der Waals surface area contributed by atoms with Crippen molar-refractivity contribution < 1.29 is 0 Å². The van der Waals surface area contributed by atoms with E-state index in [2.05, 4.69) is 30.3 Å². The summed E-state index contributed by atoms with van der Waals surface area (Å²) in [4.78, 5) is 0. The summed E-state index contributed by atoms with van der Waals surface area (Å²) < 4.78 is 0. The quantitative estimate of drug-likeness (QED) is 0.728. The Balaban J connectivity index is 1.72. The van der Waals surface area contributed by atoms with Crippen LogP contribution in [0.2, 0.25) is 5.02 Å². The van der Waals surface area contributed by atoms with Crippen LogP contribution in [0.25, 0.3) is 6.08 Å². The molecule has 0 spiro atoms. The minimum absolute atomic E-state index is 0.0811. The summed E-state index contributed by atoms with van der Waals surface area (Å²) >= 11 is 11.3. The molecule has 5 heteroatoms. The molecule has 1 aliphatic heterocycles. The van der Waals surface area contributed by atoms with Gasteiger partial charge in [0.05, 0.1) is 11.8 Å². The van der Waals surface area contributed by atoms with Crippen molar-refractivity contribution in [3.63, 3.8) is 0 Å². The fraction of sp³-hybridized carbons (Fsp3) is 0.238. The third kappa shape index (κ3) is 3.27. The molecule has 1 aliphatic carbocycles. The van der Waals surface area contributed by atoms with Crippen molar-refractivity contribution in [3.05, 3.63) is 76.3 Å². The van der Waals surface area contributed by atoms with E-state index in [9.17, 15) is 0 Å². The number of thiocarbonyl (C=S) groups is 1. The van der Waals surface area contributed by atoms with E-state index in [1.807, 2.05) is 35.3 Å². The highest BCUT2D eigenvalue weighted by molar-refractivity contribution is 7.80. The molecular formula is C21H20ClN3S. The van der Waals surface area contributed by atoms with Gasteiger partial charge in [-0.3, -0.25) is 0 Å². The Bertz CT molecular complexity index is 874. The highest BCUT2D eigenvalue weighted by Gasteiger charge is 2.42. The lowest BCUT2D eigenvalue weighted by atomic mass is 9.77. The fourth-order valence-electron chi connectivity index (χ4n) is 3.93. The van der Waals surface area contributed by atoms with Crippen LogP contribution < -0.4 is 5.73 Å². The molecule has 0 radical (unpaired) electrons. The highest BCUT2D eigenvalue weighted by atomic mass is 35.5. The molecule has 0 unspecified atom stereocenters. The number of rotatable bonds is 2. The van der Waals surface area contributed by atoms with Crippen LogP contribution in [0.5, 0.6) is 0 Å². The van der Waals surface area contributed by atoms with E-state index in [0.29, 0.717) is 11.0 Å². The van der Waals surface area contributed by atoms with Gasteiger partial charge in [-0.15, -0.1) is 0 Å². The number of allylic oxidation sites excluding steroid dienone is 1. The topological polar surface area (TPSA) is 41.6 Å². The molecule has 132 valence electrons. The van der Waals surface area contributed by atoms with Crippen molar-refractivity contribution in [1.82, 2.24) is 5.01 Å². The smallest absolute Gasteiger partial charge is 0.187 e. The molecule has 3 nitrogen and oxygen atoms in total. The van der Waals surface area contributed by atoms with Crippen molar-refractivity contribution >= 4 is 40.7 Å². The Labute approximate surface area is 164 Å². The van der Waals surface area contributed by atoms with Crippen molar-refractivity contribution in [2.75, 3.05) is 0 Å². The second kappa shape index (κ2) is 7.22. The van der Waals surface area contributed by atoms with Crippen LogP contribution in [0, 0.1) is 5.92 Å². The van der Waals surface area contributed by atoms with Gasteiger partial charge in [0.1, 0.15) is 0 Å². The van der Waals surface area contributed by atoms with Gasteiger partial charge in [0.2, 0.25) is 0 Å². The number of hydrazone groups is 1. The minimum Gasteiger partial charge on any atom is -0.375 e. The second-order valence-electron chi connectivity index (χ2n) is 6.74. The van der Waals surface area contributed by atoms with Gasteiger partial charge in [-0.25, -0.2) is 5.01 Å². The maximum absolute atomic E-state index is 6.01. The van der Waals surface area contributed by atoms with Gasteiger partial charge in [0.15, 0.2) is 5.11 Å². The van der Waals surface area contributed by atoms with Crippen molar-refractivity contribution in [2.45, 2.75) is 25.3 Å². The van der Waals surface area contributed by atoms with E-state index in [-0.39, 0.29) is 6.04 Å². The number of fused-ring (bicyclic) bond motifs is 1. The molecule has 1 fully saturated rings. The molecule has 26 heavy (non-hydrogen) atoms. The Hall–Kier alpha value is -2.17. The molecule has 0 aromatic heterocycles. The van der Waals surface area contributed by atoms with Gasteiger partial charge >= 0.3 is 0 Å². The Kier molecular flexibility index (Phi) is 4.79. The molecular weight excluding hydrogens is 362 g/mol. The maximum atomic E-state index is 6.01. The van der Waals surface area contributed by atoms with Crippen LogP contribution in [0.4, 0.5) is 0 Å². The van der Waals surface area contributed by atoms with E-state index in [0.717, 1.165) is 35.6 Å². The number of nitrogens with two attached hydrogens (primary N) is 1. The fourth-order valence-corrected chi connectivity index (χ4v) is 4.21. The summed E-state index contributed by atoms with van der Waals surface area (Å²) in [6, 6.07) is 18.4. The SMILES string of the molecule is NC(=S)N1N=C2/C(=C\c3ccc(Cl)cc3)CCC[C@H]2[C@H]1c1ccccc1. The molecule has 2 atom stereocenters. The Morgan fingerprint density at radius 3 is 2.58 bits per heavy atom. The first-order chi connectivity index (χ1) is 12.6. The largest absolute Gasteiger partial charge is 0.375 e. The van der Waals surface area contributed by atoms with Crippen molar-refractivity contribution in [1.29, 1.82) is 0 Å². The average Bonchev–Trinajstić information content (AvgIpc) is 3.05. The van der Waals surface area contributed by atoms with Gasteiger partial charge in [0, 0.05) is 10.9 Å². The summed E-state index contributed by atoms with van der Waals surface area (Å²) in [6.07, 6.45) is 5.46. The van der Waals surface area contributed by atoms with E-state index in [1.165, 1.54) is 11.1 Å². The summed E-state index contributed by atoms with van der Waals surface area (Å²) in [5.74, 6) is 0.311. The second-order valence-corrected chi connectivity index (χ2v) is 7.60. The van der Waals surface area contributed by atoms with E-state index >= 15 is 0 Å². The molecule has 2 aromatic rings. The van der Waals surface area contributed by atoms with Gasteiger partial charge in [-0.05, 0) is 66.4 Å². The number of nitrogens with zero attached hydrogens (tertiary/aromatic N) is 2. The lowest BCUT2D eigenvalue weighted by molar-refractivity contribution is 0.305. The highest BCUT2D eigenvalue weighted by Crippen LogP contribution is 2.44. The molecule has 2 aromatic carbocycles. The first kappa shape index (κ1) is 17.3. The van der Waals surface area contributed by atoms with Gasteiger partial charge in [-0.1, -0.05) is 54.1 Å². The van der Waals surface area contributed by atoms with Crippen molar-refractivity contribution in [2.24, 2.45) is 16.8 Å².